The van der Waals surface area contributed by atoms with Crippen LogP contribution in [0.25, 0.3) is 56.3 Å². The van der Waals surface area contributed by atoms with Gasteiger partial charge in [-0.2, -0.15) is 0 Å². The minimum atomic E-state index is -0.631. The van der Waals surface area contributed by atoms with Crippen molar-refractivity contribution in [3.05, 3.63) is 232 Å². The molecule has 0 bridgehead atoms. The lowest BCUT2D eigenvalue weighted by molar-refractivity contribution is -0.145. The van der Waals surface area contributed by atoms with Crippen LogP contribution < -0.4 is 11.0 Å². The Morgan fingerprint density at radius 3 is 0.776 bits per heavy atom. The maximum atomic E-state index is 12.9. The molecule has 5 aromatic carbocycles. The van der Waals surface area contributed by atoms with Crippen molar-refractivity contribution in [3.63, 3.8) is 0 Å². The van der Waals surface area contributed by atoms with Crippen LogP contribution in [0.5, 0.6) is 0 Å². The molecule has 0 spiro atoms. The third-order valence-corrected chi connectivity index (χ3v) is 23.0. The Bertz CT molecular complexity index is 5020. The predicted octanol–water partition coefficient (Wildman–Crippen LogP) is 19.8. The number of benzene rings is 5. The van der Waals surface area contributed by atoms with Gasteiger partial charge in [-0.05, 0) is 201 Å². The van der Waals surface area contributed by atoms with Crippen LogP contribution in [-0.4, -0.2) is 205 Å². The van der Waals surface area contributed by atoms with Crippen molar-refractivity contribution < 1.29 is 43.4 Å². The Kier molecular flexibility index (Phi) is 45.2. The number of nitrogens with two attached hydrogens (primary N) is 1. The minimum Gasteiger partial charge on any atom is -0.437 e. The summed E-state index contributed by atoms with van der Waals surface area (Å²) in [6.45, 7) is 13.5. The van der Waals surface area contributed by atoms with Gasteiger partial charge in [0, 0.05) is 106 Å². The van der Waals surface area contributed by atoms with E-state index in [0.29, 0.717) is 128 Å². The molecule has 0 saturated carbocycles. The number of likely N-dealkylation sites (tertiary alicyclic amines) is 4. The van der Waals surface area contributed by atoms with E-state index in [9.17, 15) is 38.4 Å². The summed E-state index contributed by atoms with van der Waals surface area (Å²) in [7, 11) is 2.83. The van der Waals surface area contributed by atoms with Gasteiger partial charge in [0.05, 0.1) is 78.7 Å². The summed E-state index contributed by atoms with van der Waals surface area (Å²) in [6, 6.07) is 34.1. The summed E-state index contributed by atoms with van der Waals surface area (Å²) in [5.41, 5.74) is 13.2. The molecule has 4 aliphatic rings. The van der Waals surface area contributed by atoms with E-state index in [1.165, 1.54) is 82.8 Å². The van der Waals surface area contributed by atoms with Crippen LogP contribution in [0, 0.1) is 0 Å². The molecule has 5 aromatic heterocycles. The highest BCUT2D eigenvalue weighted by Crippen LogP contribution is 2.34. The van der Waals surface area contributed by atoms with Gasteiger partial charge in [-0.3, -0.25) is 38.5 Å². The maximum absolute atomic E-state index is 12.9. The molecule has 0 aliphatic carbocycles. The van der Waals surface area contributed by atoms with Gasteiger partial charge < -0.3 is 40.4 Å². The molecule has 4 fully saturated rings. The Morgan fingerprint density at radius 2 is 0.584 bits per heavy atom. The number of aromatic nitrogens is 10. The van der Waals surface area contributed by atoms with Crippen molar-refractivity contribution >= 4 is 194 Å². The van der Waals surface area contributed by atoms with Crippen molar-refractivity contribution in [2.45, 2.75) is 118 Å². The van der Waals surface area contributed by atoms with E-state index in [-0.39, 0.29) is 78.1 Å². The first-order chi connectivity index (χ1) is 59.3. The first-order valence-corrected chi connectivity index (χ1v) is 43.5. The first kappa shape index (κ1) is 105. The van der Waals surface area contributed by atoms with Gasteiger partial charge in [0.2, 0.25) is 11.8 Å². The fourth-order valence-corrected chi connectivity index (χ4v) is 14.0. The van der Waals surface area contributed by atoms with Gasteiger partial charge in [-0.15, -0.1) is 12.4 Å². The molecule has 0 atom stereocenters. The van der Waals surface area contributed by atoms with Gasteiger partial charge in [-0.25, -0.2) is 49.8 Å². The molecule has 4 saturated heterocycles. The number of ketones is 1. The van der Waals surface area contributed by atoms with Crippen molar-refractivity contribution in [2.24, 2.45) is 5.73 Å². The number of carbonyl (C=O) groups is 8. The second-order valence-electron chi connectivity index (χ2n) is 27.9. The normalized spacial score (nSPS) is 13.3. The predicted molar refractivity (Wildman–Crippen MR) is 500 cm³/mol. The molecule has 14 rings (SSSR count). The van der Waals surface area contributed by atoms with Gasteiger partial charge in [-0.1, -0.05) is 153 Å². The molecule has 9 heterocycles. The summed E-state index contributed by atoms with van der Waals surface area (Å²) in [5, 5.41) is 14.8. The van der Waals surface area contributed by atoms with E-state index in [1.807, 2.05) is 39.8 Å². The lowest BCUT2D eigenvalue weighted by Crippen LogP contribution is -2.50. The van der Waals surface area contributed by atoms with Crippen LogP contribution in [0.1, 0.15) is 157 Å². The number of nitrogens with one attached hydrogen (secondary N) is 1. The van der Waals surface area contributed by atoms with Gasteiger partial charge in [0.15, 0.2) is 0 Å². The van der Waals surface area contributed by atoms with Crippen LogP contribution in [0.15, 0.2) is 153 Å². The summed E-state index contributed by atoms with van der Waals surface area (Å²) in [4.78, 5) is 144. The Hall–Kier alpha value is -8.72. The van der Waals surface area contributed by atoms with Gasteiger partial charge >= 0.3 is 7.05 Å². The van der Waals surface area contributed by atoms with E-state index in [2.05, 4.69) is 60.8 Å². The number of rotatable bonds is 13. The smallest absolute Gasteiger partial charge is 0.373 e. The van der Waals surface area contributed by atoms with E-state index < -0.39 is 5.24 Å². The number of carbonyl (C=O) groups excluding carboxylic acids is 8. The van der Waals surface area contributed by atoms with Crippen LogP contribution in [0.3, 0.4) is 0 Å². The number of Topliss-reactive ketones (excluding diaryl/α,β-unsaturated/α-hetero) is 1. The molecule has 0 radical (unpaired) electrons. The van der Waals surface area contributed by atoms with E-state index in [0.717, 1.165) is 106 Å². The topological polar surface area (TPSA) is 340 Å². The average molecular weight is 1940 g/mol. The lowest BCUT2D eigenvalue weighted by atomic mass is 9.90. The third-order valence-electron chi connectivity index (χ3n) is 19.1. The SMILES string of the molecule is CC(=O)N(C(C)=O)C1CCN(C(=O)c2cc(-c3ccc(Cl)c(Cl)c3)ncn2)CC1.CCC(C)=O.CN.CNB(C)O.Cl.O=C(Cl)c1cc(-c2ccc(Cl)c(Cl)c2)ncn1.O=C(c1cc(-c2ccc(Cl)c(Cl)c2)ncn1)N1CCCCC1.O=C(c1cc(-c2ccc(Cl)c(Cl)c2)ncn1)N1CCCCC1.O=C(c1cc(-c2ccc(Cl)c(Cl)c2)ncn1)N1CCCCC1. The third kappa shape index (κ3) is 32.8. The standard InChI is InChI=1S/C20H20Cl2N4O3.3C16H15Cl2N3O.C11H5Cl3N2O.C4H8O.C2H8BNO.CH5N.ClH/c1-12(27)26(13(2)28)15-5-7-25(8-6-15)20(29)19-10-18(23-11-24-19)14-3-4-16(21)17(22)9-14;3*17-12-5-4-11(8-13(12)18)14-9-15(20-10-19-14)16(22)21-6-2-1-3-7-21;12-7-2-1-6(3-8(7)13)9-4-10(11(14)17)16-5-15-9;1-3-4(2)5;1-3(5)4-2;1-2;/h3-4,9-11,15H,5-8H2,1-2H3;3*4-5,8-10H,1-3,6-7H2;1-5H;3H2,1-2H3;4-5H,1-2H3;2H2,1H3;1H. The molecule has 662 valence electrons. The first-order valence-electron chi connectivity index (χ1n) is 39.3. The largest absolute Gasteiger partial charge is 0.437 e. The van der Waals surface area contributed by atoms with E-state index in [1.54, 1.807) is 123 Å². The van der Waals surface area contributed by atoms with Crippen LogP contribution >= 0.6 is 140 Å². The van der Waals surface area contributed by atoms with E-state index >= 15 is 0 Å². The number of halogens is 12. The quantitative estimate of drug-likeness (QED) is 0.0713. The highest BCUT2D eigenvalue weighted by molar-refractivity contribution is 6.67. The van der Waals surface area contributed by atoms with Crippen molar-refractivity contribution in [3.8, 4) is 56.3 Å². The van der Waals surface area contributed by atoms with Crippen LogP contribution in [0.2, 0.25) is 57.0 Å². The molecule has 39 heteroatoms. The summed E-state index contributed by atoms with van der Waals surface area (Å²) < 4.78 is 0. The average Bonchev–Trinajstić information content (AvgIpc) is 0.827. The van der Waals surface area contributed by atoms with Gasteiger partial charge in [0.1, 0.15) is 65.9 Å². The molecule has 6 amide bonds. The number of piperidine rings is 4. The monoisotopic (exact) mass is 1940 g/mol. The van der Waals surface area contributed by atoms with Crippen molar-refractivity contribution in [2.75, 3.05) is 66.5 Å². The summed E-state index contributed by atoms with van der Waals surface area (Å²) in [6.07, 6.45) is 18.4. The maximum Gasteiger partial charge on any atom is 0.373 e. The number of imide groups is 1. The molecular weight excluding hydrogens is 1850 g/mol. The molecular formula is C86H92BCl12N17O9. The van der Waals surface area contributed by atoms with Crippen LogP contribution in [-0.2, 0) is 14.4 Å². The fourth-order valence-electron chi connectivity index (χ4n) is 12.4. The lowest BCUT2D eigenvalue weighted by Gasteiger charge is -2.36. The molecule has 10 aromatic rings. The molecule has 125 heavy (non-hydrogen) atoms. The fraction of sp³-hybridized carbons (Fsp3) is 0.326. The summed E-state index contributed by atoms with van der Waals surface area (Å²) >= 11 is 65.0. The van der Waals surface area contributed by atoms with Crippen molar-refractivity contribution in [1.82, 2.24) is 79.6 Å². The Morgan fingerprint density at radius 1 is 0.376 bits per heavy atom. The highest BCUT2D eigenvalue weighted by Gasteiger charge is 2.32. The molecule has 4 N–H and O–H groups in total. The number of hydrogen-bond donors (Lipinski definition) is 3. The zero-order valence-corrected chi connectivity index (χ0v) is 78.4. The second kappa shape index (κ2) is 53.8. The molecule has 0 unspecified atom stereocenters. The second-order valence-corrected chi connectivity index (χ2v) is 32.3. The zero-order valence-electron chi connectivity index (χ0n) is 69.3. The summed E-state index contributed by atoms with van der Waals surface area (Å²) in [5.74, 6) is -0.627. The van der Waals surface area contributed by atoms with Crippen molar-refractivity contribution in [1.29, 1.82) is 0 Å². The molecule has 4 aliphatic heterocycles. The Balaban J connectivity index is 0.000000235. The zero-order chi connectivity index (χ0) is 90.7. The van der Waals surface area contributed by atoms with E-state index in [4.69, 9.17) is 133 Å². The minimum absolute atomic E-state index is 0. The van der Waals surface area contributed by atoms with Gasteiger partial charge in [0.25, 0.3) is 28.9 Å². The Labute approximate surface area is 787 Å². The number of amides is 6. The van der Waals surface area contributed by atoms with Crippen LogP contribution in [0.4, 0.5) is 0 Å². The number of hydrogen-bond acceptors (Lipinski definition) is 21. The highest BCUT2D eigenvalue weighted by atomic mass is 35.5. The molecule has 26 nitrogen and oxygen atoms in total. The number of nitrogens with zero attached hydrogens (tertiary/aromatic N) is 15.